The number of carbonyl (C=O) groups is 2. The van der Waals surface area contributed by atoms with Gasteiger partial charge in [-0.05, 0) is 47.7 Å². The largest absolute Gasteiger partial charge is 0.461 e. The van der Waals surface area contributed by atoms with Crippen molar-refractivity contribution < 1.29 is 14.0 Å². The van der Waals surface area contributed by atoms with E-state index in [1.54, 1.807) is 11.2 Å². The first-order valence-corrected chi connectivity index (χ1v) is 12.3. The number of anilines is 1. The Morgan fingerprint density at radius 2 is 1.97 bits per heavy atom. The normalized spacial score (nSPS) is 13.9. The van der Waals surface area contributed by atoms with Crippen molar-refractivity contribution in [1.82, 2.24) is 25.1 Å². The number of amides is 3. The highest BCUT2D eigenvalue weighted by Crippen LogP contribution is 2.30. The van der Waals surface area contributed by atoms with E-state index in [0.29, 0.717) is 32.2 Å². The van der Waals surface area contributed by atoms with Crippen LogP contribution in [0.15, 0.2) is 71.3 Å². The second-order valence-corrected chi connectivity index (χ2v) is 9.12. The fourth-order valence-electron chi connectivity index (χ4n) is 4.00. The lowest BCUT2D eigenvalue weighted by Gasteiger charge is -2.36. The van der Waals surface area contributed by atoms with Gasteiger partial charge in [0.2, 0.25) is 0 Å². The third kappa shape index (κ3) is 5.12. The Balaban J connectivity index is 1.18. The van der Waals surface area contributed by atoms with E-state index in [2.05, 4.69) is 15.5 Å². The number of hydrogen-bond donors (Lipinski definition) is 2. The Labute approximate surface area is 207 Å². The van der Waals surface area contributed by atoms with Gasteiger partial charge in [0.25, 0.3) is 5.24 Å². The molecule has 3 heterocycles. The minimum atomic E-state index is -0.254. The van der Waals surface area contributed by atoms with E-state index in [1.165, 1.54) is 11.8 Å². The predicted molar refractivity (Wildman–Crippen MR) is 137 cm³/mol. The first kappa shape index (κ1) is 22.9. The summed E-state index contributed by atoms with van der Waals surface area (Å²) < 4.78 is 7.53. The molecule has 0 saturated carbocycles. The smallest absolute Gasteiger partial charge is 0.315 e. The van der Waals surface area contributed by atoms with Gasteiger partial charge in [-0.3, -0.25) is 4.79 Å². The van der Waals surface area contributed by atoms with Gasteiger partial charge in [-0.15, -0.1) is 0 Å². The van der Waals surface area contributed by atoms with Crippen molar-refractivity contribution in [3.8, 4) is 11.6 Å². The summed E-state index contributed by atoms with van der Waals surface area (Å²) >= 11 is 1.25. The molecule has 1 aliphatic heterocycles. The third-order valence-corrected chi connectivity index (χ3v) is 6.82. The molecule has 10 heteroatoms. The molecule has 0 spiro atoms. The SMILES string of the molecule is Cn1c(-c2ccco2)nc2cc(N3CSC(=O)N(CCNC(=O)NCc4ccccc4)C3)ccc21. The van der Waals surface area contributed by atoms with Crippen molar-refractivity contribution in [2.75, 3.05) is 30.5 Å². The number of carbonyl (C=O) groups excluding carboxylic acids is 2. The zero-order valence-corrected chi connectivity index (χ0v) is 20.1. The number of thioether (sulfide) groups is 1. The second-order valence-electron chi connectivity index (χ2n) is 8.22. The summed E-state index contributed by atoms with van der Waals surface area (Å²) in [5, 5.41) is 5.67. The van der Waals surface area contributed by atoms with Crippen molar-refractivity contribution in [1.29, 1.82) is 0 Å². The van der Waals surface area contributed by atoms with Crippen LogP contribution in [0.1, 0.15) is 5.56 Å². The predicted octanol–water partition coefficient (Wildman–Crippen LogP) is 4.22. The van der Waals surface area contributed by atoms with Crippen LogP contribution in [0.3, 0.4) is 0 Å². The number of rotatable bonds is 7. The number of nitrogens with one attached hydrogen (secondary N) is 2. The van der Waals surface area contributed by atoms with Crippen LogP contribution in [0.5, 0.6) is 0 Å². The number of furan rings is 1. The van der Waals surface area contributed by atoms with Crippen LogP contribution in [0.4, 0.5) is 15.3 Å². The topological polar surface area (TPSA) is 95.6 Å². The minimum absolute atomic E-state index is 0.00626. The van der Waals surface area contributed by atoms with E-state index < -0.39 is 0 Å². The molecule has 1 fully saturated rings. The zero-order chi connectivity index (χ0) is 24.2. The van der Waals surface area contributed by atoms with Crippen molar-refractivity contribution in [3.05, 3.63) is 72.5 Å². The summed E-state index contributed by atoms with van der Waals surface area (Å²) in [5.74, 6) is 2.04. The second kappa shape index (κ2) is 10.1. The highest BCUT2D eigenvalue weighted by molar-refractivity contribution is 8.13. The maximum Gasteiger partial charge on any atom is 0.315 e. The number of benzene rings is 2. The maximum absolute atomic E-state index is 12.5. The van der Waals surface area contributed by atoms with Crippen LogP contribution in [0.2, 0.25) is 0 Å². The molecule has 2 N–H and O–H groups in total. The zero-order valence-electron chi connectivity index (χ0n) is 19.3. The average molecular weight is 491 g/mol. The molecule has 2 aromatic heterocycles. The Kier molecular flexibility index (Phi) is 6.62. The first-order valence-electron chi connectivity index (χ1n) is 11.3. The van der Waals surface area contributed by atoms with Gasteiger partial charge in [-0.1, -0.05) is 30.3 Å². The average Bonchev–Trinajstić information content (AvgIpc) is 3.52. The van der Waals surface area contributed by atoms with Crippen LogP contribution in [-0.2, 0) is 13.6 Å². The van der Waals surface area contributed by atoms with Crippen molar-refractivity contribution in [3.63, 3.8) is 0 Å². The quantitative estimate of drug-likeness (QED) is 0.403. The van der Waals surface area contributed by atoms with E-state index >= 15 is 0 Å². The number of hydrogen-bond acceptors (Lipinski definition) is 6. The third-order valence-electron chi connectivity index (χ3n) is 5.88. The van der Waals surface area contributed by atoms with Crippen molar-refractivity contribution in [2.24, 2.45) is 7.05 Å². The van der Waals surface area contributed by atoms with Crippen LogP contribution >= 0.6 is 11.8 Å². The highest BCUT2D eigenvalue weighted by Gasteiger charge is 2.25. The summed E-state index contributed by atoms with van der Waals surface area (Å²) in [6, 6.07) is 19.3. The summed E-state index contributed by atoms with van der Waals surface area (Å²) in [6.45, 7) is 1.70. The molecule has 0 atom stereocenters. The molecular weight excluding hydrogens is 464 g/mol. The number of aryl methyl sites for hydroxylation is 1. The van der Waals surface area contributed by atoms with Gasteiger partial charge in [0.05, 0.1) is 29.8 Å². The summed E-state index contributed by atoms with van der Waals surface area (Å²) in [4.78, 5) is 33.2. The number of aromatic nitrogens is 2. The summed E-state index contributed by atoms with van der Waals surface area (Å²) in [6.07, 6.45) is 1.64. The molecule has 9 nitrogen and oxygen atoms in total. The lowest BCUT2D eigenvalue weighted by Crippen LogP contribution is -2.48. The molecule has 0 bridgehead atoms. The van der Waals surface area contributed by atoms with Gasteiger partial charge in [0, 0.05) is 32.4 Å². The Morgan fingerprint density at radius 1 is 1.11 bits per heavy atom. The van der Waals surface area contributed by atoms with Gasteiger partial charge >= 0.3 is 6.03 Å². The highest BCUT2D eigenvalue weighted by atomic mass is 32.2. The number of nitrogens with zero attached hydrogens (tertiary/aromatic N) is 4. The van der Waals surface area contributed by atoms with E-state index in [9.17, 15) is 9.59 Å². The molecular formula is C25H26N6O3S. The van der Waals surface area contributed by atoms with Crippen LogP contribution in [0, 0.1) is 0 Å². The Bertz CT molecular complexity index is 1320. The van der Waals surface area contributed by atoms with Gasteiger partial charge in [-0.2, -0.15) is 0 Å². The van der Waals surface area contributed by atoms with Crippen LogP contribution in [-0.4, -0.2) is 51.4 Å². The molecule has 1 aliphatic rings. The molecule has 0 unspecified atom stereocenters. The van der Waals surface area contributed by atoms with Gasteiger partial charge in [0.1, 0.15) is 0 Å². The number of urea groups is 1. The maximum atomic E-state index is 12.5. The number of imidazole rings is 1. The molecule has 2 aromatic carbocycles. The van der Waals surface area contributed by atoms with Gasteiger partial charge in [-0.25, -0.2) is 9.78 Å². The van der Waals surface area contributed by atoms with Crippen molar-refractivity contribution in [2.45, 2.75) is 6.54 Å². The molecule has 5 rings (SSSR count). The lowest BCUT2D eigenvalue weighted by atomic mass is 10.2. The molecule has 0 aliphatic carbocycles. The Hall–Kier alpha value is -3.92. The Morgan fingerprint density at radius 3 is 2.77 bits per heavy atom. The summed E-state index contributed by atoms with van der Waals surface area (Å²) in [7, 11) is 1.97. The van der Waals surface area contributed by atoms with Crippen LogP contribution < -0.4 is 15.5 Å². The molecule has 1 saturated heterocycles. The lowest BCUT2D eigenvalue weighted by molar-refractivity contribution is 0.218. The van der Waals surface area contributed by atoms with Gasteiger partial charge < -0.3 is 29.4 Å². The fraction of sp³-hybridized carbons (Fsp3) is 0.240. The fourth-order valence-corrected chi connectivity index (χ4v) is 4.83. The monoisotopic (exact) mass is 490 g/mol. The molecule has 4 aromatic rings. The minimum Gasteiger partial charge on any atom is -0.461 e. The number of fused-ring (bicyclic) bond motifs is 1. The first-order chi connectivity index (χ1) is 17.1. The molecule has 180 valence electrons. The van der Waals surface area contributed by atoms with Gasteiger partial charge in [0.15, 0.2) is 11.6 Å². The standard InChI is InChI=1S/C25H26N6O3S/c1-29-21-10-9-19(14-20(21)28-23(29)22-8-5-13-34-22)31-16-30(25(33)35-17-31)12-11-26-24(32)27-15-18-6-3-2-4-7-18/h2-10,13-14H,11-12,15-17H2,1H3,(H2,26,27,32). The van der Waals surface area contributed by atoms with E-state index in [-0.39, 0.29) is 11.3 Å². The van der Waals surface area contributed by atoms with E-state index in [0.717, 1.165) is 33.9 Å². The molecule has 3 amide bonds. The molecule has 0 radical (unpaired) electrons. The van der Waals surface area contributed by atoms with Crippen molar-refractivity contribution >= 4 is 39.8 Å². The molecule has 35 heavy (non-hydrogen) atoms. The summed E-state index contributed by atoms with van der Waals surface area (Å²) in [5.41, 5.74) is 3.88. The van der Waals surface area contributed by atoms with Crippen LogP contribution in [0.25, 0.3) is 22.6 Å². The van der Waals surface area contributed by atoms with E-state index in [4.69, 9.17) is 9.40 Å². The van der Waals surface area contributed by atoms with E-state index in [1.807, 2.05) is 72.3 Å².